The van der Waals surface area contributed by atoms with Gasteiger partial charge in [0.15, 0.2) is 0 Å². The number of carbonyl (C=O) groups excluding carboxylic acids is 1. The van der Waals surface area contributed by atoms with E-state index in [1.165, 1.54) is 40.2 Å². The molecule has 0 heterocycles. The minimum Gasteiger partial charge on any atom is -0.478 e. The van der Waals surface area contributed by atoms with E-state index in [2.05, 4.69) is 35.6 Å². The number of carbonyl (C=O) groups is 2. The number of fused-ring (bicyclic) bond motifs is 1. The molecule has 0 saturated heterocycles. The Bertz CT molecular complexity index is 968. The summed E-state index contributed by atoms with van der Waals surface area (Å²) in [5, 5.41) is 14.3. The van der Waals surface area contributed by atoms with Crippen molar-refractivity contribution in [2.75, 3.05) is 11.1 Å². The van der Waals surface area contributed by atoms with Gasteiger partial charge in [0, 0.05) is 11.4 Å². The molecule has 0 radical (unpaired) electrons. The Kier molecular flexibility index (Phi) is 5.58. The number of thioether (sulfide) groups is 1. The smallest absolute Gasteiger partial charge is 0.335 e. The molecule has 3 aromatic rings. The van der Waals surface area contributed by atoms with Gasteiger partial charge in [0.25, 0.3) is 0 Å². The molecule has 0 aliphatic heterocycles. The van der Waals surface area contributed by atoms with Gasteiger partial charge in [-0.2, -0.15) is 0 Å². The van der Waals surface area contributed by atoms with E-state index < -0.39 is 5.97 Å². The van der Waals surface area contributed by atoms with Gasteiger partial charge < -0.3 is 10.4 Å². The van der Waals surface area contributed by atoms with Gasteiger partial charge >= 0.3 is 5.97 Å². The van der Waals surface area contributed by atoms with Crippen molar-refractivity contribution in [3.8, 4) is 0 Å². The highest BCUT2D eigenvalue weighted by Gasteiger charge is 2.09. The summed E-state index contributed by atoms with van der Waals surface area (Å²) < 4.78 is 0. The van der Waals surface area contributed by atoms with Crippen LogP contribution < -0.4 is 5.32 Å². The van der Waals surface area contributed by atoms with Crippen LogP contribution >= 0.6 is 11.8 Å². The molecule has 0 aliphatic carbocycles. The maximum Gasteiger partial charge on any atom is 0.335 e. The molecule has 0 spiro atoms. The van der Waals surface area contributed by atoms with Crippen LogP contribution in [-0.4, -0.2) is 22.7 Å². The van der Waals surface area contributed by atoms with Crippen LogP contribution in [0.3, 0.4) is 0 Å². The lowest BCUT2D eigenvalue weighted by molar-refractivity contribution is -0.113. The van der Waals surface area contributed by atoms with Crippen LogP contribution in [0.25, 0.3) is 10.8 Å². The molecule has 5 heteroatoms. The lowest BCUT2D eigenvalue weighted by Crippen LogP contribution is -2.15. The molecule has 0 fully saturated rings. The summed E-state index contributed by atoms with van der Waals surface area (Å²) in [4.78, 5) is 23.2. The first kappa shape index (κ1) is 18.0. The van der Waals surface area contributed by atoms with Crippen LogP contribution in [0.1, 0.15) is 21.5 Å². The lowest BCUT2D eigenvalue weighted by Gasteiger charge is -2.09. The fraction of sp³-hybridized carbons (Fsp3) is 0.143. The Morgan fingerprint density at radius 2 is 1.77 bits per heavy atom. The van der Waals surface area contributed by atoms with Crippen LogP contribution in [0.4, 0.5) is 5.69 Å². The largest absolute Gasteiger partial charge is 0.478 e. The minimum atomic E-state index is -1.01. The molecule has 26 heavy (non-hydrogen) atoms. The zero-order valence-electron chi connectivity index (χ0n) is 14.4. The molecule has 0 aliphatic rings. The Balaban J connectivity index is 1.57. The molecular weight excluding hydrogens is 346 g/mol. The minimum absolute atomic E-state index is 0.138. The second-order valence-corrected chi connectivity index (χ2v) is 7.04. The zero-order valence-corrected chi connectivity index (χ0v) is 15.2. The van der Waals surface area contributed by atoms with E-state index in [9.17, 15) is 9.59 Å². The number of hydrogen-bond donors (Lipinski definition) is 2. The van der Waals surface area contributed by atoms with Crippen LogP contribution in [0.5, 0.6) is 0 Å². The van der Waals surface area contributed by atoms with Crippen molar-refractivity contribution >= 4 is 40.1 Å². The molecule has 0 atom stereocenters. The third-order valence-corrected chi connectivity index (χ3v) is 5.08. The SMILES string of the molecule is Cc1ccc(C(=O)O)cc1NC(=O)CSCc1ccc2ccccc2c1. The summed E-state index contributed by atoms with van der Waals surface area (Å²) in [7, 11) is 0. The Morgan fingerprint density at radius 3 is 2.54 bits per heavy atom. The number of anilines is 1. The molecule has 0 aromatic heterocycles. The summed E-state index contributed by atoms with van der Waals surface area (Å²) in [6.07, 6.45) is 0. The van der Waals surface area contributed by atoms with E-state index >= 15 is 0 Å². The number of carboxylic acids is 1. The number of hydrogen-bond acceptors (Lipinski definition) is 3. The number of carboxylic acid groups (broad SMARTS) is 1. The van der Waals surface area contributed by atoms with E-state index in [0.717, 1.165) is 11.3 Å². The molecule has 1 amide bonds. The molecule has 4 nitrogen and oxygen atoms in total. The van der Waals surface area contributed by atoms with Gasteiger partial charge in [-0.1, -0.05) is 48.5 Å². The fourth-order valence-electron chi connectivity index (χ4n) is 2.67. The molecule has 3 rings (SSSR count). The van der Waals surface area contributed by atoms with Crippen LogP contribution in [-0.2, 0) is 10.5 Å². The highest BCUT2D eigenvalue weighted by atomic mass is 32.2. The van der Waals surface area contributed by atoms with E-state index in [1.54, 1.807) is 6.07 Å². The van der Waals surface area contributed by atoms with E-state index in [1.807, 2.05) is 19.1 Å². The first-order valence-corrected chi connectivity index (χ1v) is 9.37. The van der Waals surface area contributed by atoms with Gasteiger partial charge in [0.1, 0.15) is 0 Å². The van der Waals surface area contributed by atoms with Gasteiger partial charge in [-0.15, -0.1) is 11.8 Å². The van der Waals surface area contributed by atoms with Gasteiger partial charge in [0.05, 0.1) is 11.3 Å². The third-order valence-electron chi connectivity index (χ3n) is 4.07. The van der Waals surface area contributed by atoms with Crippen molar-refractivity contribution in [2.24, 2.45) is 0 Å². The molecule has 0 saturated carbocycles. The predicted octanol–water partition coefficient (Wildman–Crippen LogP) is 4.72. The average molecular weight is 365 g/mol. The Labute approximate surface area is 156 Å². The zero-order chi connectivity index (χ0) is 18.5. The standard InChI is InChI=1S/C21H19NO3S/c1-14-6-8-18(21(24)25)11-19(14)22-20(23)13-26-12-15-7-9-16-4-2-3-5-17(16)10-15/h2-11H,12-13H2,1H3,(H,22,23)(H,24,25). The van der Waals surface area contributed by atoms with E-state index in [0.29, 0.717) is 11.4 Å². The fourth-order valence-corrected chi connectivity index (χ4v) is 3.44. The first-order valence-electron chi connectivity index (χ1n) is 8.22. The van der Waals surface area contributed by atoms with Crippen LogP contribution in [0, 0.1) is 6.92 Å². The summed E-state index contributed by atoms with van der Waals surface area (Å²) in [5.41, 5.74) is 2.71. The average Bonchev–Trinajstić information content (AvgIpc) is 2.63. The monoisotopic (exact) mass is 365 g/mol. The number of aromatic carboxylic acids is 1. The van der Waals surface area contributed by atoms with Crippen LogP contribution in [0.15, 0.2) is 60.7 Å². The summed E-state index contributed by atoms with van der Waals surface area (Å²) >= 11 is 1.53. The molecule has 132 valence electrons. The molecule has 2 N–H and O–H groups in total. The highest BCUT2D eigenvalue weighted by molar-refractivity contribution is 7.99. The summed E-state index contributed by atoms with van der Waals surface area (Å²) in [5.74, 6) is -0.0942. The predicted molar refractivity (Wildman–Crippen MR) is 107 cm³/mol. The highest BCUT2D eigenvalue weighted by Crippen LogP contribution is 2.21. The number of aryl methyl sites for hydroxylation is 1. The van der Waals surface area contributed by atoms with E-state index in [-0.39, 0.29) is 11.5 Å². The quantitative estimate of drug-likeness (QED) is 0.663. The maximum absolute atomic E-state index is 12.2. The lowest BCUT2D eigenvalue weighted by atomic mass is 10.1. The second-order valence-electron chi connectivity index (χ2n) is 6.06. The van der Waals surface area contributed by atoms with Crippen molar-refractivity contribution < 1.29 is 14.7 Å². The second kappa shape index (κ2) is 8.06. The first-order chi connectivity index (χ1) is 12.5. The molecule has 0 bridgehead atoms. The molecular formula is C21H19NO3S. The van der Waals surface area contributed by atoms with E-state index in [4.69, 9.17) is 5.11 Å². The number of benzene rings is 3. The van der Waals surface area contributed by atoms with Gasteiger partial charge in [0.2, 0.25) is 5.91 Å². The van der Waals surface area contributed by atoms with Crippen molar-refractivity contribution in [1.82, 2.24) is 0 Å². The topological polar surface area (TPSA) is 66.4 Å². The summed E-state index contributed by atoms with van der Waals surface area (Å²) in [6, 6.07) is 19.2. The van der Waals surface area contributed by atoms with Crippen molar-refractivity contribution in [3.05, 3.63) is 77.4 Å². The molecule has 0 unspecified atom stereocenters. The van der Waals surface area contributed by atoms with Gasteiger partial charge in [-0.3, -0.25) is 4.79 Å². The maximum atomic E-state index is 12.2. The number of nitrogens with one attached hydrogen (secondary N) is 1. The Hall–Kier alpha value is -2.79. The van der Waals surface area contributed by atoms with Gasteiger partial charge in [-0.05, 0) is 41.0 Å². The number of rotatable bonds is 6. The Morgan fingerprint density at radius 1 is 1.00 bits per heavy atom. The summed E-state index contributed by atoms with van der Waals surface area (Å²) in [6.45, 7) is 1.84. The third kappa shape index (κ3) is 4.43. The van der Waals surface area contributed by atoms with Crippen molar-refractivity contribution in [1.29, 1.82) is 0 Å². The molecule has 3 aromatic carbocycles. The normalized spacial score (nSPS) is 10.7. The number of amides is 1. The van der Waals surface area contributed by atoms with Crippen molar-refractivity contribution in [3.63, 3.8) is 0 Å². The van der Waals surface area contributed by atoms with Gasteiger partial charge in [-0.25, -0.2) is 4.79 Å². The van der Waals surface area contributed by atoms with Crippen molar-refractivity contribution in [2.45, 2.75) is 12.7 Å². The van der Waals surface area contributed by atoms with Crippen LogP contribution in [0.2, 0.25) is 0 Å².